The van der Waals surface area contributed by atoms with Gasteiger partial charge in [-0.1, -0.05) is 23.7 Å². The van der Waals surface area contributed by atoms with Crippen LogP contribution in [0.1, 0.15) is 23.2 Å². The first-order chi connectivity index (χ1) is 15.5. The highest BCUT2D eigenvalue weighted by atomic mass is 35.5. The van der Waals surface area contributed by atoms with Gasteiger partial charge >= 0.3 is 0 Å². The van der Waals surface area contributed by atoms with Gasteiger partial charge in [-0.05, 0) is 36.8 Å². The number of fused-ring (bicyclic) bond motifs is 1. The normalized spacial score (nSPS) is 10.9. The molecule has 162 valence electrons. The second-order valence-corrected chi connectivity index (χ2v) is 7.61. The Morgan fingerprint density at radius 2 is 1.81 bits per heavy atom. The molecule has 2 aromatic heterocycles. The van der Waals surface area contributed by atoms with Crippen molar-refractivity contribution in [3.05, 3.63) is 75.8 Å². The van der Waals surface area contributed by atoms with Gasteiger partial charge in [-0.3, -0.25) is 19.0 Å². The minimum atomic E-state index is -0.310. The van der Waals surface area contributed by atoms with Crippen LogP contribution in [0.4, 0.5) is 0 Å². The third kappa shape index (κ3) is 5.06. The van der Waals surface area contributed by atoms with E-state index in [1.807, 2.05) is 0 Å². The van der Waals surface area contributed by atoms with Crippen molar-refractivity contribution in [3.8, 4) is 11.3 Å². The molecule has 2 aromatic carbocycles. The van der Waals surface area contributed by atoms with Crippen molar-refractivity contribution in [2.24, 2.45) is 0 Å². The summed E-state index contributed by atoms with van der Waals surface area (Å²) in [7, 11) is 0. The molecule has 2 heterocycles. The lowest BCUT2D eigenvalue weighted by Gasteiger charge is -2.07. The number of Topliss-reactive ketones (excluding diaryl/α,β-unsaturated/α-hetero) is 1. The van der Waals surface area contributed by atoms with Gasteiger partial charge in [0.2, 0.25) is 0 Å². The Morgan fingerprint density at radius 1 is 1.03 bits per heavy atom. The monoisotopic (exact) mass is 450 g/mol. The van der Waals surface area contributed by atoms with Crippen molar-refractivity contribution in [2.45, 2.75) is 19.4 Å². The molecule has 0 bridgehead atoms. The quantitative estimate of drug-likeness (QED) is 0.398. The molecular formula is C22H19ClN6O3. The molecule has 4 rings (SSSR count). The average molecular weight is 451 g/mol. The Kier molecular flexibility index (Phi) is 6.37. The number of ketones is 1. The first-order valence-electron chi connectivity index (χ1n) is 9.92. The molecule has 0 aliphatic rings. The van der Waals surface area contributed by atoms with Crippen LogP contribution in [0, 0.1) is 0 Å². The SMILES string of the molecule is O=C(CCCNC(=O)c1ccc2n[nH]nc2c1)Cn1cnc(-c2ccc(Cl)cc2)cc1=O. The van der Waals surface area contributed by atoms with E-state index in [2.05, 4.69) is 25.7 Å². The molecule has 4 aromatic rings. The molecule has 0 aliphatic carbocycles. The van der Waals surface area contributed by atoms with E-state index < -0.39 is 0 Å². The maximum absolute atomic E-state index is 12.3. The van der Waals surface area contributed by atoms with E-state index in [0.29, 0.717) is 40.3 Å². The zero-order valence-electron chi connectivity index (χ0n) is 16.9. The van der Waals surface area contributed by atoms with Crippen molar-refractivity contribution in [2.75, 3.05) is 6.54 Å². The number of amides is 1. The summed E-state index contributed by atoms with van der Waals surface area (Å²) in [4.78, 5) is 41.1. The number of carbonyl (C=O) groups is 2. The van der Waals surface area contributed by atoms with Crippen LogP contribution in [0.5, 0.6) is 0 Å². The zero-order valence-corrected chi connectivity index (χ0v) is 17.7. The maximum Gasteiger partial charge on any atom is 0.254 e. The van der Waals surface area contributed by atoms with Crippen LogP contribution in [0.2, 0.25) is 5.02 Å². The third-order valence-electron chi connectivity index (χ3n) is 4.86. The molecule has 2 N–H and O–H groups in total. The first-order valence-corrected chi connectivity index (χ1v) is 10.3. The van der Waals surface area contributed by atoms with E-state index in [-0.39, 0.29) is 30.2 Å². The van der Waals surface area contributed by atoms with Crippen molar-refractivity contribution >= 4 is 34.3 Å². The Labute approximate surface area is 187 Å². The van der Waals surface area contributed by atoms with Gasteiger partial charge in [0.1, 0.15) is 11.0 Å². The zero-order chi connectivity index (χ0) is 22.5. The fourth-order valence-electron chi connectivity index (χ4n) is 3.16. The minimum absolute atomic E-state index is 0.0660. The number of nitrogens with zero attached hydrogens (tertiary/aromatic N) is 4. The van der Waals surface area contributed by atoms with Gasteiger partial charge in [0, 0.05) is 35.2 Å². The molecule has 0 saturated heterocycles. The second kappa shape index (κ2) is 9.52. The highest BCUT2D eigenvalue weighted by molar-refractivity contribution is 6.30. The fourth-order valence-corrected chi connectivity index (χ4v) is 3.29. The molecule has 0 aliphatic heterocycles. The van der Waals surface area contributed by atoms with Crippen LogP contribution < -0.4 is 10.9 Å². The lowest BCUT2D eigenvalue weighted by molar-refractivity contribution is -0.119. The number of hydrogen-bond donors (Lipinski definition) is 2. The minimum Gasteiger partial charge on any atom is -0.352 e. The van der Waals surface area contributed by atoms with Crippen molar-refractivity contribution in [1.29, 1.82) is 0 Å². The van der Waals surface area contributed by atoms with Crippen LogP contribution in [0.25, 0.3) is 22.3 Å². The second-order valence-electron chi connectivity index (χ2n) is 7.17. The lowest BCUT2D eigenvalue weighted by atomic mass is 10.1. The van der Waals surface area contributed by atoms with E-state index in [9.17, 15) is 14.4 Å². The number of carbonyl (C=O) groups excluding carboxylic acids is 2. The van der Waals surface area contributed by atoms with Gasteiger partial charge in [-0.25, -0.2) is 4.98 Å². The highest BCUT2D eigenvalue weighted by Crippen LogP contribution is 2.18. The third-order valence-corrected chi connectivity index (χ3v) is 5.11. The maximum atomic E-state index is 12.3. The summed E-state index contributed by atoms with van der Waals surface area (Å²) >= 11 is 5.88. The van der Waals surface area contributed by atoms with E-state index in [0.717, 1.165) is 5.56 Å². The molecule has 0 spiro atoms. The summed E-state index contributed by atoms with van der Waals surface area (Å²) in [6.07, 6.45) is 2.06. The molecule has 0 radical (unpaired) electrons. The van der Waals surface area contributed by atoms with Crippen LogP contribution >= 0.6 is 11.6 Å². The number of benzene rings is 2. The fraction of sp³-hybridized carbons (Fsp3) is 0.182. The topological polar surface area (TPSA) is 123 Å². The van der Waals surface area contributed by atoms with E-state index in [1.165, 1.54) is 17.0 Å². The molecule has 0 fully saturated rings. The standard InChI is InChI=1S/C22H19ClN6O3/c23-16-6-3-14(4-7-16)19-11-21(31)29(13-25-19)12-17(30)2-1-9-24-22(32)15-5-8-18-20(10-15)27-28-26-18/h3-8,10-11,13H,1-2,9,12H2,(H,24,32)(H,26,27,28). The molecule has 1 amide bonds. The van der Waals surface area contributed by atoms with Crippen molar-refractivity contribution in [3.63, 3.8) is 0 Å². The Morgan fingerprint density at radius 3 is 2.59 bits per heavy atom. The Balaban J connectivity index is 1.26. The number of aromatic amines is 1. The molecule has 9 nitrogen and oxygen atoms in total. The number of aromatic nitrogens is 5. The summed E-state index contributed by atoms with van der Waals surface area (Å²) < 4.78 is 1.27. The predicted molar refractivity (Wildman–Crippen MR) is 119 cm³/mol. The smallest absolute Gasteiger partial charge is 0.254 e. The van der Waals surface area contributed by atoms with Crippen molar-refractivity contribution in [1.82, 2.24) is 30.3 Å². The number of hydrogen-bond acceptors (Lipinski definition) is 6. The van der Waals surface area contributed by atoms with Gasteiger partial charge in [-0.15, -0.1) is 0 Å². The lowest BCUT2D eigenvalue weighted by Crippen LogP contribution is -2.26. The number of halogens is 1. The molecular weight excluding hydrogens is 432 g/mol. The van der Waals surface area contributed by atoms with Gasteiger partial charge in [0.15, 0.2) is 5.78 Å². The van der Waals surface area contributed by atoms with Gasteiger partial charge < -0.3 is 5.32 Å². The summed E-state index contributed by atoms with van der Waals surface area (Å²) in [6.45, 7) is 0.271. The Hall–Kier alpha value is -3.85. The molecule has 0 saturated carbocycles. The number of nitrogens with one attached hydrogen (secondary N) is 2. The van der Waals surface area contributed by atoms with Gasteiger partial charge in [0.25, 0.3) is 11.5 Å². The summed E-state index contributed by atoms with van der Waals surface area (Å²) in [5.41, 5.74) is 2.73. The van der Waals surface area contributed by atoms with E-state index >= 15 is 0 Å². The van der Waals surface area contributed by atoms with Crippen LogP contribution in [0.15, 0.2) is 59.7 Å². The molecule has 0 atom stereocenters. The van der Waals surface area contributed by atoms with Crippen LogP contribution in [-0.2, 0) is 11.3 Å². The van der Waals surface area contributed by atoms with Crippen LogP contribution in [-0.4, -0.2) is 43.2 Å². The van der Waals surface area contributed by atoms with Gasteiger partial charge in [-0.2, -0.15) is 15.4 Å². The molecule has 32 heavy (non-hydrogen) atoms. The van der Waals surface area contributed by atoms with Crippen molar-refractivity contribution < 1.29 is 9.59 Å². The Bertz CT molecular complexity index is 1330. The first kappa shape index (κ1) is 21.4. The summed E-state index contributed by atoms with van der Waals surface area (Å²) in [5.74, 6) is -0.369. The van der Waals surface area contributed by atoms with Gasteiger partial charge in [0.05, 0.1) is 18.6 Å². The molecule has 0 unspecified atom stereocenters. The van der Waals surface area contributed by atoms with E-state index in [4.69, 9.17) is 11.6 Å². The van der Waals surface area contributed by atoms with E-state index in [1.54, 1.807) is 42.5 Å². The predicted octanol–water partition coefficient (Wildman–Crippen LogP) is 2.61. The summed E-state index contributed by atoms with van der Waals surface area (Å²) in [6, 6.07) is 13.4. The number of H-pyrrole nitrogens is 1. The largest absolute Gasteiger partial charge is 0.352 e. The van der Waals surface area contributed by atoms with Crippen LogP contribution in [0.3, 0.4) is 0 Å². The number of rotatable bonds is 8. The molecule has 10 heteroatoms. The summed E-state index contributed by atoms with van der Waals surface area (Å²) in [5, 5.41) is 13.8. The highest BCUT2D eigenvalue weighted by Gasteiger charge is 2.10. The average Bonchev–Trinajstić information content (AvgIpc) is 3.26.